The van der Waals surface area contributed by atoms with Crippen LogP contribution in [0, 0.1) is 0 Å². The fourth-order valence-corrected chi connectivity index (χ4v) is 2.22. The molecular formula is C13H19N3O2. The van der Waals surface area contributed by atoms with Crippen molar-refractivity contribution in [3.63, 3.8) is 0 Å². The minimum Gasteiger partial charge on any atom is -0.494 e. The van der Waals surface area contributed by atoms with Crippen molar-refractivity contribution in [2.45, 2.75) is 19.4 Å². The number of piperazine rings is 1. The molecule has 1 saturated heterocycles. The lowest BCUT2D eigenvalue weighted by Gasteiger charge is -2.42. The fraction of sp³-hybridized carbons (Fsp3) is 0.538. The predicted molar refractivity (Wildman–Crippen MR) is 68.8 cm³/mol. The lowest BCUT2D eigenvalue weighted by atomic mass is 9.99. The summed E-state index contributed by atoms with van der Waals surface area (Å²) in [7, 11) is 1.55. The summed E-state index contributed by atoms with van der Waals surface area (Å²) in [6, 6.07) is 1.71. The van der Waals surface area contributed by atoms with Gasteiger partial charge in [0.15, 0.2) is 0 Å². The van der Waals surface area contributed by atoms with E-state index in [0.29, 0.717) is 17.9 Å². The van der Waals surface area contributed by atoms with E-state index in [1.54, 1.807) is 25.6 Å². The highest BCUT2D eigenvalue weighted by atomic mass is 16.5. The van der Waals surface area contributed by atoms with Gasteiger partial charge in [0.2, 0.25) is 0 Å². The van der Waals surface area contributed by atoms with Gasteiger partial charge in [0.05, 0.1) is 24.4 Å². The third-order valence-corrected chi connectivity index (χ3v) is 3.28. The van der Waals surface area contributed by atoms with E-state index < -0.39 is 0 Å². The highest BCUT2D eigenvalue weighted by molar-refractivity contribution is 5.97. The highest BCUT2D eigenvalue weighted by Gasteiger charge is 2.34. The molecule has 0 bridgehead atoms. The number of pyridine rings is 1. The van der Waals surface area contributed by atoms with Crippen LogP contribution in [0.2, 0.25) is 0 Å². The van der Waals surface area contributed by atoms with Gasteiger partial charge in [-0.2, -0.15) is 0 Å². The van der Waals surface area contributed by atoms with Crippen LogP contribution in [0.5, 0.6) is 5.75 Å². The molecule has 1 fully saturated rings. The van der Waals surface area contributed by atoms with Gasteiger partial charge < -0.3 is 15.0 Å². The molecule has 0 saturated carbocycles. The summed E-state index contributed by atoms with van der Waals surface area (Å²) < 4.78 is 5.20. The molecule has 5 nitrogen and oxygen atoms in total. The number of hydrogen-bond donors (Lipinski definition) is 1. The number of nitrogens with one attached hydrogen (secondary N) is 1. The Morgan fingerprint density at radius 1 is 1.56 bits per heavy atom. The van der Waals surface area contributed by atoms with Gasteiger partial charge in [0, 0.05) is 25.8 Å². The molecule has 1 aromatic rings. The van der Waals surface area contributed by atoms with Crippen LogP contribution in [0.25, 0.3) is 0 Å². The van der Waals surface area contributed by atoms with E-state index in [9.17, 15) is 4.79 Å². The number of nitrogens with zero attached hydrogens (tertiary/aromatic N) is 2. The van der Waals surface area contributed by atoms with E-state index in [4.69, 9.17) is 4.74 Å². The Bertz CT molecular complexity index is 446. The quantitative estimate of drug-likeness (QED) is 0.846. The van der Waals surface area contributed by atoms with Crippen molar-refractivity contribution in [2.75, 3.05) is 26.7 Å². The maximum absolute atomic E-state index is 12.6. The summed E-state index contributed by atoms with van der Waals surface area (Å²) >= 11 is 0. The Labute approximate surface area is 107 Å². The van der Waals surface area contributed by atoms with E-state index in [1.807, 2.05) is 4.90 Å². The van der Waals surface area contributed by atoms with Crippen LogP contribution in [0.15, 0.2) is 18.5 Å². The number of aromatic nitrogens is 1. The lowest BCUT2D eigenvalue weighted by Crippen LogP contribution is -2.59. The number of methoxy groups -OCH3 is 1. The van der Waals surface area contributed by atoms with Gasteiger partial charge in [-0.25, -0.2) is 0 Å². The Morgan fingerprint density at radius 2 is 2.33 bits per heavy atom. The number of hydrogen-bond acceptors (Lipinski definition) is 4. The third kappa shape index (κ3) is 2.31. The maximum Gasteiger partial charge on any atom is 0.258 e. The molecule has 1 aliphatic rings. The Hall–Kier alpha value is -1.62. The second-order valence-corrected chi connectivity index (χ2v) is 5.02. The van der Waals surface area contributed by atoms with Crippen LogP contribution in [0.1, 0.15) is 24.2 Å². The summed E-state index contributed by atoms with van der Waals surface area (Å²) in [6.45, 7) is 6.45. The van der Waals surface area contributed by atoms with Crippen LogP contribution >= 0.6 is 0 Å². The number of rotatable bonds is 2. The average Bonchev–Trinajstić information content (AvgIpc) is 2.37. The second kappa shape index (κ2) is 4.94. The fourth-order valence-electron chi connectivity index (χ4n) is 2.22. The molecule has 0 aromatic carbocycles. The average molecular weight is 249 g/mol. The van der Waals surface area contributed by atoms with Crippen molar-refractivity contribution in [1.29, 1.82) is 0 Å². The Morgan fingerprint density at radius 3 is 3.00 bits per heavy atom. The molecule has 1 N–H and O–H groups in total. The van der Waals surface area contributed by atoms with Crippen LogP contribution in [-0.2, 0) is 0 Å². The number of ether oxygens (including phenoxy) is 1. The van der Waals surface area contributed by atoms with Crippen molar-refractivity contribution in [2.24, 2.45) is 0 Å². The molecule has 18 heavy (non-hydrogen) atoms. The van der Waals surface area contributed by atoms with E-state index in [0.717, 1.165) is 13.1 Å². The number of amides is 1. The Kier molecular flexibility index (Phi) is 3.52. The minimum atomic E-state index is -0.191. The summed E-state index contributed by atoms with van der Waals surface area (Å²) in [5.41, 5.74) is 0.381. The van der Waals surface area contributed by atoms with Crippen LogP contribution < -0.4 is 10.1 Å². The molecule has 5 heteroatoms. The molecule has 1 amide bonds. The largest absolute Gasteiger partial charge is 0.494 e. The zero-order chi connectivity index (χ0) is 13.2. The zero-order valence-corrected chi connectivity index (χ0v) is 11.1. The molecule has 0 spiro atoms. The van der Waals surface area contributed by atoms with E-state index in [1.165, 1.54) is 0 Å². The van der Waals surface area contributed by atoms with Crippen molar-refractivity contribution >= 4 is 5.91 Å². The van der Waals surface area contributed by atoms with E-state index in [-0.39, 0.29) is 11.4 Å². The smallest absolute Gasteiger partial charge is 0.258 e. The van der Waals surface area contributed by atoms with Crippen LogP contribution in [0.4, 0.5) is 0 Å². The van der Waals surface area contributed by atoms with Gasteiger partial charge in [-0.15, -0.1) is 0 Å². The third-order valence-electron chi connectivity index (χ3n) is 3.28. The first-order valence-corrected chi connectivity index (χ1v) is 6.07. The predicted octanol–water partition coefficient (Wildman–Crippen LogP) is 0.914. The Balaban J connectivity index is 2.30. The minimum absolute atomic E-state index is 0.000694. The van der Waals surface area contributed by atoms with Gasteiger partial charge >= 0.3 is 0 Å². The van der Waals surface area contributed by atoms with Crippen molar-refractivity contribution in [3.05, 3.63) is 24.0 Å². The van der Waals surface area contributed by atoms with Gasteiger partial charge in [-0.3, -0.25) is 9.78 Å². The van der Waals surface area contributed by atoms with Gasteiger partial charge in [0.25, 0.3) is 5.91 Å². The zero-order valence-electron chi connectivity index (χ0n) is 11.1. The summed E-state index contributed by atoms with van der Waals surface area (Å²) in [5.74, 6) is 0.526. The first-order valence-electron chi connectivity index (χ1n) is 6.07. The molecular weight excluding hydrogens is 230 g/mol. The first-order chi connectivity index (χ1) is 8.56. The topological polar surface area (TPSA) is 54.5 Å². The summed E-state index contributed by atoms with van der Waals surface area (Å²) in [5, 5.41) is 3.30. The number of carbonyl (C=O) groups is 1. The second-order valence-electron chi connectivity index (χ2n) is 5.02. The SMILES string of the molecule is COc1cnccc1C(=O)N1CCNCC1(C)C. The highest BCUT2D eigenvalue weighted by Crippen LogP contribution is 2.23. The molecule has 1 aliphatic heterocycles. The van der Waals surface area contributed by atoms with Crippen molar-refractivity contribution < 1.29 is 9.53 Å². The molecule has 2 rings (SSSR count). The monoisotopic (exact) mass is 249 g/mol. The van der Waals surface area contributed by atoms with Gasteiger partial charge in [-0.1, -0.05) is 0 Å². The molecule has 0 radical (unpaired) electrons. The molecule has 0 atom stereocenters. The molecule has 1 aromatic heterocycles. The first kappa shape index (κ1) is 12.8. The molecule has 0 aliphatic carbocycles. The van der Waals surface area contributed by atoms with Gasteiger partial charge in [0.1, 0.15) is 5.75 Å². The van der Waals surface area contributed by atoms with Crippen LogP contribution in [0.3, 0.4) is 0 Å². The lowest BCUT2D eigenvalue weighted by molar-refractivity contribution is 0.0474. The van der Waals surface area contributed by atoms with Gasteiger partial charge in [-0.05, 0) is 19.9 Å². The van der Waals surface area contributed by atoms with E-state index >= 15 is 0 Å². The maximum atomic E-state index is 12.6. The van der Waals surface area contributed by atoms with Crippen molar-refractivity contribution in [3.8, 4) is 5.75 Å². The van der Waals surface area contributed by atoms with Crippen molar-refractivity contribution in [1.82, 2.24) is 15.2 Å². The standard InChI is InChI=1S/C13H19N3O2/c1-13(2)9-15-6-7-16(13)12(17)10-4-5-14-8-11(10)18-3/h4-5,8,15H,6-7,9H2,1-3H3. The number of carbonyl (C=O) groups excluding carboxylic acids is 1. The normalized spacial score (nSPS) is 18.5. The molecule has 2 heterocycles. The van der Waals surface area contributed by atoms with E-state index in [2.05, 4.69) is 24.1 Å². The molecule has 0 unspecified atom stereocenters. The summed E-state index contributed by atoms with van der Waals surface area (Å²) in [4.78, 5) is 18.4. The van der Waals surface area contributed by atoms with Crippen LogP contribution in [-0.4, -0.2) is 48.1 Å². The summed E-state index contributed by atoms with van der Waals surface area (Å²) in [6.07, 6.45) is 3.19. The molecule has 98 valence electrons.